The van der Waals surface area contributed by atoms with Crippen LogP contribution in [-0.4, -0.2) is 44.0 Å². The zero-order valence-electron chi connectivity index (χ0n) is 12.3. The lowest BCUT2D eigenvalue weighted by Gasteiger charge is -2.31. The van der Waals surface area contributed by atoms with Crippen LogP contribution in [0.2, 0.25) is 5.02 Å². The molecule has 1 amide bonds. The molecule has 0 saturated carbocycles. The van der Waals surface area contributed by atoms with Gasteiger partial charge in [0.25, 0.3) is 0 Å². The van der Waals surface area contributed by atoms with Crippen molar-refractivity contribution in [3.63, 3.8) is 0 Å². The number of anilines is 1. The first kappa shape index (κ1) is 18.2. The molecule has 1 aromatic carbocycles. The van der Waals surface area contributed by atoms with Gasteiger partial charge >= 0.3 is 0 Å². The van der Waals surface area contributed by atoms with Crippen LogP contribution in [0.4, 0.5) is 5.69 Å². The molecule has 1 fully saturated rings. The van der Waals surface area contributed by atoms with E-state index in [9.17, 15) is 4.79 Å². The molecule has 21 heavy (non-hydrogen) atoms. The lowest BCUT2D eigenvalue weighted by molar-refractivity contribution is -0.117. The highest BCUT2D eigenvalue weighted by molar-refractivity contribution is 6.33. The zero-order valence-corrected chi connectivity index (χ0v) is 13.8. The lowest BCUT2D eigenvalue weighted by atomic mass is 9.97. The number of nitrogens with zero attached hydrogens (tertiary/aromatic N) is 1. The van der Waals surface area contributed by atoms with E-state index in [4.69, 9.17) is 11.6 Å². The summed E-state index contributed by atoms with van der Waals surface area (Å²) >= 11 is 6.03. The minimum atomic E-state index is 0. The molecule has 6 heteroatoms. The average molecular weight is 332 g/mol. The van der Waals surface area contributed by atoms with Crippen molar-refractivity contribution in [3.8, 4) is 0 Å². The summed E-state index contributed by atoms with van der Waals surface area (Å²) in [4.78, 5) is 14.2. The van der Waals surface area contributed by atoms with Gasteiger partial charge in [-0.3, -0.25) is 9.69 Å². The molecule has 2 N–H and O–H groups in total. The first-order valence-corrected chi connectivity index (χ1v) is 7.48. The zero-order chi connectivity index (χ0) is 14.4. The minimum absolute atomic E-state index is 0. The Bertz CT molecular complexity index is 448. The van der Waals surface area contributed by atoms with Crippen molar-refractivity contribution in [2.75, 3.05) is 38.5 Å². The Morgan fingerprint density at radius 2 is 2.00 bits per heavy atom. The second-order valence-corrected chi connectivity index (χ2v) is 5.71. The van der Waals surface area contributed by atoms with Crippen LogP contribution in [-0.2, 0) is 4.79 Å². The molecule has 1 aliphatic rings. The summed E-state index contributed by atoms with van der Waals surface area (Å²) in [6, 6.07) is 7.31. The third kappa shape index (κ3) is 5.83. The van der Waals surface area contributed by atoms with Crippen molar-refractivity contribution < 1.29 is 4.79 Å². The molecular weight excluding hydrogens is 309 g/mol. The Kier molecular flexibility index (Phi) is 8.04. The molecule has 0 aromatic heterocycles. The van der Waals surface area contributed by atoms with E-state index in [2.05, 4.69) is 15.5 Å². The topological polar surface area (TPSA) is 44.4 Å². The van der Waals surface area contributed by atoms with Gasteiger partial charge in [-0.2, -0.15) is 0 Å². The van der Waals surface area contributed by atoms with Crippen molar-refractivity contribution in [2.45, 2.75) is 12.8 Å². The van der Waals surface area contributed by atoms with E-state index in [1.54, 1.807) is 6.07 Å². The Hall–Kier alpha value is -0.810. The molecule has 0 radical (unpaired) electrons. The molecule has 1 aromatic rings. The van der Waals surface area contributed by atoms with Crippen molar-refractivity contribution in [2.24, 2.45) is 5.92 Å². The Labute approximate surface area is 137 Å². The van der Waals surface area contributed by atoms with Gasteiger partial charge in [-0.15, -0.1) is 12.4 Å². The lowest BCUT2D eigenvalue weighted by Crippen LogP contribution is -2.40. The predicted molar refractivity (Wildman–Crippen MR) is 90.4 cm³/mol. The quantitative estimate of drug-likeness (QED) is 0.871. The van der Waals surface area contributed by atoms with Gasteiger partial charge in [0.05, 0.1) is 17.3 Å². The van der Waals surface area contributed by atoms with Crippen molar-refractivity contribution in [1.82, 2.24) is 10.2 Å². The number of rotatable bonds is 5. The van der Waals surface area contributed by atoms with E-state index in [0.717, 1.165) is 38.4 Å². The van der Waals surface area contributed by atoms with E-state index in [0.29, 0.717) is 17.3 Å². The van der Waals surface area contributed by atoms with E-state index in [1.165, 1.54) is 0 Å². The molecule has 0 atom stereocenters. The molecule has 1 aliphatic heterocycles. The highest BCUT2D eigenvalue weighted by atomic mass is 35.5. The van der Waals surface area contributed by atoms with E-state index in [1.807, 2.05) is 25.2 Å². The molecule has 4 nitrogen and oxygen atoms in total. The molecule has 1 saturated heterocycles. The Morgan fingerprint density at radius 1 is 1.33 bits per heavy atom. The summed E-state index contributed by atoms with van der Waals surface area (Å²) in [5.74, 6) is 0.744. The first-order chi connectivity index (χ1) is 9.69. The smallest absolute Gasteiger partial charge is 0.238 e. The molecule has 118 valence electrons. The SMILES string of the molecule is CNCC1CCN(CC(=O)Nc2ccccc2Cl)CC1.Cl. The van der Waals surface area contributed by atoms with E-state index < -0.39 is 0 Å². The van der Waals surface area contributed by atoms with Crippen LogP contribution >= 0.6 is 24.0 Å². The molecular formula is C15H23Cl2N3O. The van der Waals surface area contributed by atoms with Gasteiger partial charge in [-0.05, 0) is 57.6 Å². The second-order valence-electron chi connectivity index (χ2n) is 5.31. The summed E-state index contributed by atoms with van der Waals surface area (Å²) in [6.07, 6.45) is 2.31. The molecule has 1 heterocycles. The third-order valence-corrected chi connectivity index (χ3v) is 4.04. The van der Waals surface area contributed by atoms with E-state index >= 15 is 0 Å². The fourth-order valence-corrected chi connectivity index (χ4v) is 2.78. The number of piperidine rings is 1. The van der Waals surface area contributed by atoms with Crippen LogP contribution in [0.25, 0.3) is 0 Å². The van der Waals surface area contributed by atoms with Crippen molar-refractivity contribution >= 4 is 35.6 Å². The number of hydrogen-bond donors (Lipinski definition) is 2. The van der Waals surface area contributed by atoms with Gasteiger partial charge in [0.2, 0.25) is 5.91 Å². The number of nitrogens with one attached hydrogen (secondary N) is 2. The van der Waals surface area contributed by atoms with Crippen molar-refractivity contribution in [1.29, 1.82) is 0 Å². The maximum atomic E-state index is 12.0. The van der Waals surface area contributed by atoms with Crippen molar-refractivity contribution in [3.05, 3.63) is 29.3 Å². The Morgan fingerprint density at radius 3 is 2.62 bits per heavy atom. The van der Waals surface area contributed by atoms with E-state index in [-0.39, 0.29) is 18.3 Å². The van der Waals surface area contributed by atoms with Crippen LogP contribution in [0.3, 0.4) is 0 Å². The number of likely N-dealkylation sites (tertiary alicyclic amines) is 1. The van der Waals surface area contributed by atoms with Crippen LogP contribution < -0.4 is 10.6 Å². The van der Waals surface area contributed by atoms with Crippen LogP contribution in [0, 0.1) is 5.92 Å². The number of amides is 1. The molecule has 0 aliphatic carbocycles. The van der Waals surface area contributed by atoms with Crippen LogP contribution in [0.5, 0.6) is 0 Å². The monoisotopic (exact) mass is 331 g/mol. The van der Waals surface area contributed by atoms with Crippen LogP contribution in [0.1, 0.15) is 12.8 Å². The summed E-state index contributed by atoms with van der Waals surface area (Å²) in [5, 5.41) is 6.67. The van der Waals surface area contributed by atoms with Gasteiger partial charge in [0.1, 0.15) is 0 Å². The Balaban J connectivity index is 0.00000220. The summed E-state index contributed by atoms with van der Waals surface area (Å²) in [5.41, 5.74) is 0.684. The second kappa shape index (κ2) is 9.26. The maximum absolute atomic E-state index is 12.0. The highest BCUT2D eigenvalue weighted by Gasteiger charge is 2.20. The van der Waals surface area contributed by atoms with Crippen LogP contribution in [0.15, 0.2) is 24.3 Å². The number of para-hydroxylation sites is 1. The van der Waals surface area contributed by atoms with Gasteiger partial charge in [-0.1, -0.05) is 23.7 Å². The fraction of sp³-hybridized carbons (Fsp3) is 0.533. The average Bonchev–Trinajstić information content (AvgIpc) is 2.44. The predicted octanol–water partition coefficient (Wildman–Crippen LogP) is 2.63. The van der Waals surface area contributed by atoms with Gasteiger partial charge in [0.15, 0.2) is 0 Å². The largest absolute Gasteiger partial charge is 0.324 e. The van der Waals surface area contributed by atoms with Gasteiger partial charge in [-0.25, -0.2) is 0 Å². The number of carbonyl (C=O) groups is 1. The standard InChI is InChI=1S/C15H22ClN3O.ClH/c1-17-10-12-6-8-19(9-7-12)11-15(20)18-14-5-3-2-4-13(14)16;/h2-5,12,17H,6-11H2,1H3,(H,18,20);1H. The number of halogens is 2. The first-order valence-electron chi connectivity index (χ1n) is 7.10. The normalized spacial score (nSPS) is 16.3. The summed E-state index contributed by atoms with van der Waals surface area (Å²) < 4.78 is 0. The van der Waals surface area contributed by atoms with Gasteiger partial charge in [0, 0.05) is 0 Å². The number of hydrogen-bond acceptors (Lipinski definition) is 3. The molecule has 0 spiro atoms. The maximum Gasteiger partial charge on any atom is 0.238 e. The fourth-order valence-electron chi connectivity index (χ4n) is 2.59. The number of benzene rings is 1. The number of carbonyl (C=O) groups excluding carboxylic acids is 1. The van der Waals surface area contributed by atoms with Gasteiger partial charge < -0.3 is 10.6 Å². The highest BCUT2D eigenvalue weighted by Crippen LogP contribution is 2.21. The molecule has 0 bridgehead atoms. The molecule has 2 rings (SSSR count). The minimum Gasteiger partial charge on any atom is -0.324 e. The summed E-state index contributed by atoms with van der Waals surface area (Å²) in [6.45, 7) is 3.49. The third-order valence-electron chi connectivity index (χ3n) is 3.72. The molecule has 0 unspecified atom stereocenters. The summed E-state index contributed by atoms with van der Waals surface area (Å²) in [7, 11) is 1.99.